The molecule has 18 heavy (non-hydrogen) atoms. The van der Waals surface area contributed by atoms with Gasteiger partial charge in [-0.2, -0.15) is 0 Å². The summed E-state index contributed by atoms with van der Waals surface area (Å²) in [7, 11) is -1.97. The van der Waals surface area contributed by atoms with Crippen LogP contribution in [-0.2, 0) is 21.2 Å². The Hall–Kier alpha value is -1.56. The van der Waals surface area contributed by atoms with Gasteiger partial charge in [0.15, 0.2) is 0 Å². The zero-order valence-electron chi connectivity index (χ0n) is 10.5. The molecule has 0 aromatic heterocycles. The minimum Gasteiger partial charge on any atom is -0.497 e. The molecule has 1 amide bonds. The Bertz CT molecular complexity index is 493. The van der Waals surface area contributed by atoms with E-state index in [1.54, 1.807) is 38.3 Å². The van der Waals surface area contributed by atoms with E-state index >= 15 is 0 Å². The standard InChI is InChI=1S/C12H17NO4S/c1-3-12(14)13-18(15,16)9-8-10-4-6-11(17-2)7-5-10/h4-7H,3,8-9H2,1-2H3,(H,13,14). The first-order valence-corrected chi connectivity index (χ1v) is 7.28. The smallest absolute Gasteiger partial charge is 0.235 e. The highest BCUT2D eigenvalue weighted by molar-refractivity contribution is 7.90. The van der Waals surface area contributed by atoms with Crippen molar-refractivity contribution in [1.82, 2.24) is 4.72 Å². The predicted molar refractivity (Wildman–Crippen MR) is 68.9 cm³/mol. The highest BCUT2D eigenvalue weighted by atomic mass is 32.2. The van der Waals surface area contributed by atoms with Crippen molar-refractivity contribution < 1.29 is 17.9 Å². The Morgan fingerprint density at radius 1 is 1.28 bits per heavy atom. The fraction of sp³-hybridized carbons (Fsp3) is 0.417. The van der Waals surface area contributed by atoms with Crippen molar-refractivity contribution in [1.29, 1.82) is 0 Å². The van der Waals surface area contributed by atoms with E-state index in [9.17, 15) is 13.2 Å². The number of carbonyl (C=O) groups is 1. The molecule has 1 rings (SSSR count). The van der Waals surface area contributed by atoms with Crippen LogP contribution in [0.15, 0.2) is 24.3 Å². The Labute approximate surface area is 107 Å². The molecule has 100 valence electrons. The van der Waals surface area contributed by atoms with Gasteiger partial charge in [-0.25, -0.2) is 8.42 Å². The van der Waals surface area contributed by atoms with Crippen LogP contribution in [0.1, 0.15) is 18.9 Å². The van der Waals surface area contributed by atoms with Crippen molar-refractivity contribution >= 4 is 15.9 Å². The molecule has 0 unspecified atom stereocenters. The van der Waals surface area contributed by atoms with Gasteiger partial charge in [0, 0.05) is 6.42 Å². The second-order valence-corrected chi connectivity index (χ2v) is 5.64. The Kier molecular flexibility index (Phi) is 5.15. The molecular formula is C12H17NO4S. The monoisotopic (exact) mass is 271 g/mol. The molecule has 5 nitrogen and oxygen atoms in total. The number of carbonyl (C=O) groups excluding carboxylic acids is 1. The van der Waals surface area contributed by atoms with E-state index in [2.05, 4.69) is 0 Å². The summed E-state index contributed by atoms with van der Waals surface area (Å²) < 4.78 is 30.1. The van der Waals surface area contributed by atoms with E-state index in [0.29, 0.717) is 6.42 Å². The number of amides is 1. The third kappa shape index (κ3) is 4.75. The lowest BCUT2D eigenvalue weighted by Crippen LogP contribution is -2.32. The minimum absolute atomic E-state index is 0.106. The van der Waals surface area contributed by atoms with Gasteiger partial charge in [-0.15, -0.1) is 0 Å². The van der Waals surface area contributed by atoms with Gasteiger partial charge in [0.25, 0.3) is 0 Å². The maximum atomic E-state index is 11.5. The van der Waals surface area contributed by atoms with Crippen LogP contribution in [0.3, 0.4) is 0 Å². The summed E-state index contributed by atoms with van der Waals surface area (Å²) in [6.45, 7) is 1.61. The van der Waals surface area contributed by atoms with E-state index in [1.807, 2.05) is 4.72 Å². The van der Waals surface area contributed by atoms with Gasteiger partial charge in [0.1, 0.15) is 5.75 Å². The fourth-order valence-corrected chi connectivity index (χ4v) is 2.44. The molecule has 0 aliphatic carbocycles. The molecular weight excluding hydrogens is 254 g/mol. The predicted octanol–water partition coefficient (Wildman–Crippen LogP) is 1.09. The first-order chi connectivity index (χ1) is 8.46. The third-order valence-electron chi connectivity index (χ3n) is 2.41. The SMILES string of the molecule is CCC(=O)NS(=O)(=O)CCc1ccc(OC)cc1. The molecule has 6 heteroatoms. The number of benzene rings is 1. The van der Waals surface area contributed by atoms with Crippen LogP contribution in [0.25, 0.3) is 0 Å². The van der Waals surface area contributed by atoms with Crippen molar-refractivity contribution in [3.8, 4) is 5.75 Å². The number of ether oxygens (including phenoxy) is 1. The summed E-state index contributed by atoms with van der Waals surface area (Å²) in [5.41, 5.74) is 0.880. The minimum atomic E-state index is -3.54. The Morgan fingerprint density at radius 3 is 2.39 bits per heavy atom. The van der Waals surface area contributed by atoms with Crippen molar-refractivity contribution in [2.75, 3.05) is 12.9 Å². The number of hydrogen-bond donors (Lipinski definition) is 1. The largest absolute Gasteiger partial charge is 0.497 e. The number of aryl methyl sites for hydroxylation is 1. The molecule has 0 bridgehead atoms. The Balaban J connectivity index is 2.56. The average molecular weight is 271 g/mol. The highest BCUT2D eigenvalue weighted by Gasteiger charge is 2.13. The summed E-state index contributed by atoms with van der Waals surface area (Å²) in [5.74, 6) is 0.135. The van der Waals surface area contributed by atoms with Gasteiger partial charge < -0.3 is 4.74 Å². The van der Waals surface area contributed by atoms with Gasteiger partial charge in [-0.05, 0) is 24.1 Å². The summed E-state index contributed by atoms with van der Waals surface area (Å²) >= 11 is 0. The average Bonchev–Trinajstić information content (AvgIpc) is 2.36. The molecule has 1 aromatic rings. The molecule has 0 heterocycles. The first-order valence-electron chi connectivity index (χ1n) is 5.63. The second kappa shape index (κ2) is 6.39. The lowest BCUT2D eigenvalue weighted by Gasteiger charge is -2.06. The molecule has 0 radical (unpaired) electrons. The molecule has 1 N–H and O–H groups in total. The first kappa shape index (κ1) is 14.5. The highest BCUT2D eigenvalue weighted by Crippen LogP contribution is 2.12. The van der Waals surface area contributed by atoms with Crippen LogP contribution in [-0.4, -0.2) is 27.2 Å². The number of hydrogen-bond acceptors (Lipinski definition) is 4. The van der Waals surface area contributed by atoms with Crippen molar-refractivity contribution in [2.24, 2.45) is 0 Å². The van der Waals surface area contributed by atoms with Gasteiger partial charge >= 0.3 is 0 Å². The summed E-state index contributed by atoms with van der Waals surface area (Å²) in [4.78, 5) is 11.0. The van der Waals surface area contributed by atoms with Crippen LogP contribution < -0.4 is 9.46 Å². The number of sulfonamides is 1. The molecule has 0 spiro atoms. The van der Waals surface area contributed by atoms with E-state index in [-0.39, 0.29) is 12.2 Å². The lowest BCUT2D eigenvalue weighted by atomic mass is 10.2. The maximum Gasteiger partial charge on any atom is 0.235 e. The molecule has 0 aliphatic rings. The zero-order chi connectivity index (χ0) is 13.6. The molecule has 0 saturated carbocycles. The van der Waals surface area contributed by atoms with Gasteiger partial charge in [0.05, 0.1) is 12.9 Å². The summed E-state index contributed by atoms with van der Waals surface area (Å²) in [5, 5.41) is 0. The number of methoxy groups -OCH3 is 1. The number of rotatable bonds is 6. The van der Waals surface area contributed by atoms with Crippen LogP contribution >= 0.6 is 0 Å². The van der Waals surface area contributed by atoms with Crippen molar-refractivity contribution in [2.45, 2.75) is 19.8 Å². The number of nitrogens with one attached hydrogen (secondary N) is 1. The third-order valence-corrected chi connectivity index (χ3v) is 3.69. The maximum absolute atomic E-state index is 11.5. The van der Waals surface area contributed by atoms with Crippen LogP contribution in [0.5, 0.6) is 5.75 Å². The molecule has 1 aromatic carbocycles. The fourth-order valence-electron chi connectivity index (χ4n) is 1.34. The second-order valence-electron chi connectivity index (χ2n) is 3.80. The van der Waals surface area contributed by atoms with E-state index < -0.39 is 15.9 Å². The van der Waals surface area contributed by atoms with Gasteiger partial charge in [-0.3, -0.25) is 9.52 Å². The molecule has 0 aliphatic heterocycles. The van der Waals surface area contributed by atoms with Gasteiger partial charge in [0.2, 0.25) is 15.9 Å². The van der Waals surface area contributed by atoms with Crippen molar-refractivity contribution in [3.63, 3.8) is 0 Å². The van der Waals surface area contributed by atoms with Gasteiger partial charge in [-0.1, -0.05) is 19.1 Å². The summed E-state index contributed by atoms with van der Waals surface area (Å²) in [6.07, 6.45) is 0.512. The van der Waals surface area contributed by atoms with E-state index in [0.717, 1.165) is 11.3 Å². The van der Waals surface area contributed by atoms with E-state index in [4.69, 9.17) is 4.74 Å². The van der Waals surface area contributed by atoms with Crippen LogP contribution in [0, 0.1) is 0 Å². The topological polar surface area (TPSA) is 72.5 Å². The molecule has 0 fully saturated rings. The van der Waals surface area contributed by atoms with Crippen LogP contribution in [0.4, 0.5) is 0 Å². The van der Waals surface area contributed by atoms with Crippen molar-refractivity contribution in [3.05, 3.63) is 29.8 Å². The summed E-state index contributed by atoms with van der Waals surface area (Å²) in [6, 6.07) is 7.14. The lowest BCUT2D eigenvalue weighted by molar-refractivity contribution is -0.119. The Morgan fingerprint density at radius 2 is 1.89 bits per heavy atom. The molecule has 0 saturated heterocycles. The zero-order valence-corrected chi connectivity index (χ0v) is 11.3. The molecule has 0 atom stereocenters. The van der Waals surface area contributed by atoms with E-state index in [1.165, 1.54) is 0 Å². The van der Waals surface area contributed by atoms with Crippen LogP contribution in [0.2, 0.25) is 0 Å². The quantitative estimate of drug-likeness (QED) is 0.840. The normalized spacial score (nSPS) is 11.0.